The van der Waals surface area contributed by atoms with Gasteiger partial charge in [0.25, 0.3) is 5.91 Å². The number of hydrogen-bond donors (Lipinski definition) is 3. The molecule has 0 saturated heterocycles. The monoisotopic (exact) mass is 443 g/mol. The topological polar surface area (TPSA) is 111 Å². The van der Waals surface area contributed by atoms with Crippen LogP contribution < -0.4 is 20.5 Å². The summed E-state index contributed by atoms with van der Waals surface area (Å²) in [6.07, 6.45) is 0. The van der Waals surface area contributed by atoms with E-state index < -0.39 is 15.9 Å². The number of carbonyl (C=O) groups is 1. The summed E-state index contributed by atoms with van der Waals surface area (Å²) in [5.41, 5.74) is 0.890. The smallest absolute Gasteiger partial charge is 0.257 e. The van der Waals surface area contributed by atoms with Crippen LogP contribution in [0.5, 0.6) is 5.75 Å². The number of primary sulfonamides is 1. The van der Waals surface area contributed by atoms with Crippen LogP contribution in [0.2, 0.25) is 0 Å². The molecule has 10 heteroatoms. The van der Waals surface area contributed by atoms with Crippen molar-refractivity contribution in [3.8, 4) is 5.75 Å². The highest BCUT2D eigenvalue weighted by Crippen LogP contribution is 2.25. The minimum absolute atomic E-state index is 0.0434. The van der Waals surface area contributed by atoms with E-state index in [1.807, 2.05) is 0 Å². The lowest BCUT2D eigenvalue weighted by molar-refractivity contribution is 0.0977. The van der Waals surface area contributed by atoms with Crippen LogP contribution in [0.4, 0.5) is 5.69 Å². The Morgan fingerprint density at radius 3 is 2.36 bits per heavy atom. The van der Waals surface area contributed by atoms with Gasteiger partial charge in [0.1, 0.15) is 5.75 Å². The van der Waals surface area contributed by atoms with Crippen molar-refractivity contribution in [3.63, 3.8) is 0 Å². The Morgan fingerprint density at radius 2 is 1.84 bits per heavy atom. The molecule has 0 aliphatic heterocycles. The van der Waals surface area contributed by atoms with Crippen molar-refractivity contribution in [1.82, 2.24) is 5.32 Å². The summed E-state index contributed by atoms with van der Waals surface area (Å²) in [6, 6.07) is 10.7. The Bertz CT molecular complexity index is 915. The number of hydrogen-bond acceptors (Lipinski definition) is 5. The predicted molar refractivity (Wildman–Crippen MR) is 102 cm³/mol. The van der Waals surface area contributed by atoms with E-state index >= 15 is 0 Å². The molecule has 0 aliphatic carbocycles. The number of methoxy groups -OCH3 is 1. The van der Waals surface area contributed by atoms with Gasteiger partial charge in [-0.25, -0.2) is 13.6 Å². The normalized spacial score (nSPS) is 10.8. The molecular formula is C15H14BrN3O4S2. The molecule has 7 nitrogen and oxygen atoms in total. The molecule has 0 atom stereocenters. The number of ether oxygens (including phenoxy) is 1. The first kappa shape index (κ1) is 19.3. The third-order valence-electron chi connectivity index (χ3n) is 3.10. The van der Waals surface area contributed by atoms with Gasteiger partial charge in [0.2, 0.25) is 10.0 Å². The molecule has 4 N–H and O–H groups in total. The summed E-state index contributed by atoms with van der Waals surface area (Å²) in [4.78, 5) is 12.1. The number of anilines is 1. The second-order valence-corrected chi connectivity index (χ2v) is 7.65. The number of carbonyl (C=O) groups excluding carboxylic acids is 1. The summed E-state index contributed by atoms with van der Waals surface area (Å²) in [5, 5.41) is 10.5. The zero-order valence-electron chi connectivity index (χ0n) is 12.9. The van der Waals surface area contributed by atoms with Crippen molar-refractivity contribution in [2.45, 2.75) is 4.90 Å². The third-order valence-corrected chi connectivity index (χ3v) is 4.87. The van der Waals surface area contributed by atoms with E-state index in [-0.39, 0.29) is 10.0 Å². The van der Waals surface area contributed by atoms with Crippen molar-refractivity contribution in [2.75, 3.05) is 12.4 Å². The van der Waals surface area contributed by atoms with Crippen molar-refractivity contribution in [3.05, 3.63) is 52.5 Å². The van der Waals surface area contributed by atoms with Gasteiger partial charge < -0.3 is 10.1 Å². The van der Waals surface area contributed by atoms with Gasteiger partial charge in [-0.3, -0.25) is 10.1 Å². The van der Waals surface area contributed by atoms with Gasteiger partial charge in [0.05, 0.1) is 17.7 Å². The molecule has 0 bridgehead atoms. The number of thiocarbonyl (C=S) groups is 1. The fourth-order valence-electron chi connectivity index (χ4n) is 1.85. The van der Waals surface area contributed by atoms with E-state index in [9.17, 15) is 13.2 Å². The number of halogens is 1. The first-order chi connectivity index (χ1) is 11.7. The van der Waals surface area contributed by atoms with Crippen molar-refractivity contribution in [2.24, 2.45) is 5.14 Å². The molecule has 25 heavy (non-hydrogen) atoms. The molecule has 2 rings (SSSR count). The molecule has 0 aromatic heterocycles. The highest BCUT2D eigenvalue weighted by atomic mass is 79.9. The highest BCUT2D eigenvalue weighted by molar-refractivity contribution is 9.10. The number of rotatable bonds is 4. The maximum absolute atomic E-state index is 12.1. The van der Waals surface area contributed by atoms with Gasteiger partial charge in [0, 0.05) is 10.0 Å². The highest BCUT2D eigenvalue weighted by Gasteiger charge is 2.12. The molecule has 2 aromatic rings. The van der Waals surface area contributed by atoms with E-state index in [1.54, 1.807) is 24.3 Å². The van der Waals surface area contributed by atoms with Crippen LogP contribution in [0.15, 0.2) is 51.8 Å². The Morgan fingerprint density at radius 1 is 1.20 bits per heavy atom. The van der Waals surface area contributed by atoms with Crippen LogP contribution in [0.25, 0.3) is 0 Å². The fourth-order valence-corrected chi connectivity index (χ4v) is 3.22. The lowest BCUT2D eigenvalue weighted by Gasteiger charge is -2.12. The van der Waals surface area contributed by atoms with E-state index in [4.69, 9.17) is 22.1 Å². The van der Waals surface area contributed by atoms with E-state index in [1.165, 1.54) is 25.3 Å². The first-order valence-electron chi connectivity index (χ1n) is 6.79. The molecule has 1 amide bonds. The average molecular weight is 444 g/mol. The Kier molecular flexibility index (Phi) is 6.11. The van der Waals surface area contributed by atoms with Crippen LogP contribution >= 0.6 is 28.1 Å². The molecule has 0 spiro atoms. The van der Waals surface area contributed by atoms with E-state index in [0.717, 1.165) is 0 Å². The second kappa shape index (κ2) is 7.91. The summed E-state index contributed by atoms with van der Waals surface area (Å²) in [6.45, 7) is 0. The van der Waals surface area contributed by atoms with Crippen molar-refractivity contribution < 1.29 is 17.9 Å². The molecule has 0 fully saturated rings. The molecule has 2 aromatic carbocycles. The largest absolute Gasteiger partial charge is 0.497 e. The first-order valence-corrected chi connectivity index (χ1v) is 9.54. The number of sulfonamides is 1. The number of amides is 1. The van der Waals surface area contributed by atoms with E-state index in [0.29, 0.717) is 21.5 Å². The van der Waals surface area contributed by atoms with Gasteiger partial charge >= 0.3 is 0 Å². The second-order valence-electron chi connectivity index (χ2n) is 4.82. The van der Waals surface area contributed by atoms with Crippen LogP contribution in [0.3, 0.4) is 0 Å². The predicted octanol–water partition coefficient (Wildman–Crippen LogP) is 2.23. The number of nitrogens with two attached hydrogens (primary N) is 1. The Hall–Kier alpha value is -2.01. The maximum atomic E-state index is 12.1. The summed E-state index contributed by atoms with van der Waals surface area (Å²) in [5.74, 6) is 0.244. The molecule has 0 aliphatic rings. The SMILES string of the molecule is COc1ccc(C(=O)NC(=S)Nc2ccc(S(N)(=O)=O)cc2Br)cc1. The Balaban J connectivity index is 2.05. The minimum Gasteiger partial charge on any atom is -0.497 e. The molecule has 0 heterocycles. The van der Waals surface area contributed by atoms with Gasteiger partial charge in [0.15, 0.2) is 5.11 Å². The number of benzene rings is 2. The summed E-state index contributed by atoms with van der Waals surface area (Å²) in [7, 11) is -2.27. The lowest BCUT2D eigenvalue weighted by Crippen LogP contribution is -2.34. The van der Waals surface area contributed by atoms with Crippen LogP contribution in [-0.4, -0.2) is 26.5 Å². The fraction of sp³-hybridized carbons (Fsp3) is 0.0667. The van der Waals surface area contributed by atoms with Gasteiger partial charge in [-0.15, -0.1) is 0 Å². The van der Waals surface area contributed by atoms with Crippen LogP contribution in [0, 0.1) is 0 Å². The number of nitrogens with one attached hydrogen (secondary N) is 2. The third kappa shape index (κ3) is 5.23. The summed E-state index contributed by atoms with van der Waals surface area (Å²) >= 11 is 8.32. The average Bonchev–Trinajstić information content (AvgIpc) is 2.55. The lowest BCUT2D eigenvalue weighted by atomic mass is 10.2. The maximum Gasteiger partial charge on any atom is 0.257 e. The zero-order chi connectivity index (χ0) is 18.6. The van der Waals surface area contributed by atoms with Crippen molar-refractivity contribution >= 4 is 54.9 Å². The minimum atomic E-state index is -3.80. The van der Waals surface area contributed by atoms with Gasteiger partial charge in [-0.2, -0.15) is 0 Å². The Labute approximate surface area is 158 Å². The quantitative estimate of drug-likeness (QED) is 0.624. The zero-order valence-corrected chi connectivity index (χ0v) is 16.2. The van der Waals surface area contributed by atoms with Crippen LogP contribution in [-0.2, 0) is 10.0 Å². The van der Waals surface area contributed by atoms with Crippen LogP contribution in [0.1, 0.15) is 10.4 Å². The molecule has 132 valence electrons. The standard InChI is InChI=1S/C15H14BrN3O4S2/c1-23-10-4-2-9(3-5-10)14(20)19-15(24)18-13-7-6-11(8-12(13)16)25(17,21)22/h2-8H,1H3,(H2,17,21,22)(H2,18,19,20,24). The molecule has 0 unspecified atom stereocenters. The van der Waals surface area contributed by atoms with Gasteiger partial charge in [-0.05, 0) is 70.6 Å². The van der Waals surface area contributed by atoms with E-state index in [2.05, 4.69) is 26.6 Å². The van der Waals surface area contributed by atoms with Gasteiger partial charge in [-0.1, -0.05) is 0 Å². The molecule has 0 saturated carbocycles. The summed E-state index contributed by atoms with van der Waals surface area (Å²) < 4.78 is 28.1. The molecular weight excluding hydrogens is 430 g/mol. The molecule has 0 radical (unpaired) electrons. The van der Waals surface area contributed by atoms with Crippen molar-refractivity contribution in [1.29, 1.82) is 0 Å².